The van der Waals surface area contributed by atoms with E-state index >= 15 is 0 Å². The van der Waals surface area contributed by atoms with Gasteiger partial charge in [-0.2, -0.15) is 13.2 Å². The first-order valence-corrected chi connectivity index (χ1v) is 7.33. The fourth-order valence-electron chi connectivity index (χ4n) is 2.39. The molecule has 0 radical (unpaired) electrons. The number of ether oxygens (including phenoxy) is 1. The van der Waals surface area contributed by atoms with Gasteiger partial charge in [-0.15, -0.1) is 0 Å². The molecule has 6 nitrogen and oxygen atoms in total. The Hall–Kier alpha value is -2.84. The molecule has 9 heteroatoms. The number of aromatic nitrogens is 1. The number of hydrogen-bond acceptors (Lipinski definition) is 5. The van der Waals surface area contributed by atoms with Crippen molar-refractivity contribution in [2.75, 3.05) is 13.1 Å². The van der Waals surface area contributed by atoms with Gasteiger partial charge >= 0.3 is 11.8 Å². The smallest absolute Gasteiger partial charge is 0.433 e. The Morgan fingerprint density at radius 3 is 2.60 bits per heavy atom. The second kappa shape index (κ2) is 6.23. The van der Waals surface area contributed by atoms with E-state index in [0.717, 1.165) is 18.3 Å². The van der Waals surface area contributed by atoms with Crippen molar-refractivity contribution in [3.05, 3.63) is 57.9 Å². The van der Waals surface area contributed by atoms with Gasteiger partial charge in [0.2, 0.25) is 0 Å². The Labute approximate surface area is 139 Å². The Morgan fingerprint density at radius 1 is 1.32 bits per heavy atom. The molecule has 0 N–H and O–H groups in total. The molecule has 0 saturated carbocycles. The molecule has 1 fully saturated rings. The van der Waals surface area contributed by atoms with Crippen LogP contribution in [0.1, 0.15) is 21.8 Å². The molecule has 0 unspecified atom stereocenters. The van der Waals surface area contributed by atoms with Gasteiger partial charge in [0.25, 0.3) is 5.91 Å². The summed E-state index contributed by atoms with van der Waals surface area (Å²) in [6.45, 7) is 2.14. The summed E-state index contributed by atoms with van der Waals surface area (Å²) < 4.78 is 47.8. The number of hydrogen-bond donors (Lipinski definition) is 0. The predicted molar refractivity (Wildman–Crippen MR) is 79.3 cm³/mol. The molecule has 1 aliphatic rings. The molecule has 2 aromatic rings. The molecular formula is C16H13F3N2O4. The molecular weight excluding hydrogens is 341 g/mol. The standard InChI is InChI=1S/C16H13F3N2O4/c1-9-4-11(5-14(22)24-9)25-12-7-21(8-12)15(23)10-2-3-13(20-6-10)16(17,18)19/h2-6,12H,7-8H2,1H3. The number of alkyl halides is 3. The lowest BCUT2D eigenvalue weighted by Crippen LogP contribution is -2.56. The second-order valence-electron chi connectivity index (χ2n) is 5.60. The molecule has 0 atom stereocenters. The number of amides is 1. The molecule has 1 amide bonds. The quantitative estimate of drug-likeness (QED) is 0.845. The van der Waals surface area contributed by atoms with Gasteiger partial charge in [-0.3, -0.25) is 9.78 Å². The topological polar surface area (TPSA) is 72.6 Å². The number of pyridine rings is 1. The van der Waals surface area contributed by atoms with Crippen LogP contribution in [-0.4, -0.2) is 35.0 Å². The van der Waals surface area contributed by atoms with Crippen molar-refractivity contribution in [3.63, 3.8) is 0 Å². The molecule has 1 saturated heterocycles. The van der Waals surface area contributed by atoms with Crippen LogP contribution in [0.25, 0.3) is 0 Å². The monoisotopic (exact) mass is 354 g/mol. The minimum atomic E-state index is -4.54. The highest BCUT2D eigenvalue weighted by atomic mass is 19.4. The minimum Gasteiger partial charge on any atom is -0.486 e. The molecule has 2 aromatic heterocycles. The number of carbonyl (C=O) groups is 1. The molecule has 25 heavy (non-hydrogen) atoms. The molecule has 3 heterocycles. The maximum Gasteiger partial charge on any atom is 0.433 e. The van der Waals surface area contributed by atoms with Gasteiger partial charge in [0, 0.05) is 12.3 Å². The highest BCUT2D eigenvalue weighted by Gasteiger charge is 2.35. The van der Waals surface area contributed by atoms with Crippen molar-refractivity contribution in [1.29, 1.82) is 0 Å². The highest BCUT2D eigenvalue weighted by Crippen LogP contribution is 2.27. The van der Waals surface area contributed by atoms with Gasteiger partial charge in [-0.25, -0.2) is 4.79 Å². The fraction of sp³-hybridized carbons (Fsp3) is 0.312. The first-order chi connectivity index (χ1) is 11.7. The first-order valence-electron chi connectivity index (χ1n) is 7.33. The Balaban J connectivity index is 1.58. The predicted octanol–water partition coefficient (Wildman–Crippen LogP) is 2.27. The maximum atomic E-state index is 12.5. The maximum absolute atomic E-state index is 12.5. The van der Waals surface area contributed by atoms with Crippen LogP contribution in [0.15, 0.2) is 39.7 Å². The summed E-state index contributed by atoms with van der Waals surface area (Å²) in [5.41, 5.74) is -1.51. The van der Waals surface area contributed by atoms with Crippen LogP contribution in [-0.2, 0) is 6.18 Å². The van der Waals surface area contributed by atoms with E-state index in [4.69, 9.17) is 9.15 Å². The SMILES string of the molecule is Cc1cc(OC2CN(C(=O)c3ccc(C(F)(F)F)nc3)C2)cc(=O)o1. The third-order valence-corrected chi connectivity index (χ3v) is 3.61. The van der Waals surface area contributed by atoms with Gasteiger partial charge in [-0.05, 0) is 19.1 Å². The lowest BCUT2D eigenvalue weighted by molar-refractivity contribution is -0.141. The Morgan fingerprint density at radius 2 is 2.04 bits per heavy atom. The molecule has 1 aliphatic heterocycles. The van der Waals surface area contributed by atoms with Crippen molar-refractivity contribution in [2.24, 2.45) is 0 Å². The lowest BCUT2D eigenvalue weighted by atomic mass is 10.1. The van der Waals surface area contributed by atoms with Crippen molar-refractivity contribution >= 4 is 5.91 Å². The number of nitrogens with zero attached hydrogens (tertiary/aromatic N) is 2. The van der Waals surface area contributed by atoms with Crippen LogP contribution < -0.4 is 10.4 Å². The molecule has 132 valence electrons. The summed E-state index contributed by atoms with van der Waals surface area (Å²) in [5, 5.41) is 0. The van der Waals surface area contributed by atoms with Crippen LogP contribution in [0.2, 0.25) is 0 Å². The zero-order chi connectivity index (χ0) is 18.2. The Bertz CT molecular complexity index is 840. The van der Waals surface area contributed by atoms with Crippen LogP contribution >= 0.6 is 0 Å². The summed E-state index contributed by atoms with van der Waals surface area (Å²) in [4.78, 5) is 28.1. The lowest BCUT2D eigenvalue weighted by Gasteiger charge is -2.38. The van der Waals surface area contributed by atoms with Gasteiger partial charge in [0.05, 0.1) is 24.7 Å². The summed E-state index contributed by atoms with van der Waals surface area (Å²) >= 11 is 0. The van der Waals surface area contributed by atoms with E-state index in [9.17, 15) is 22.8 Å². The van der Waals surface area contributed by atoms with Crippen LogP contribution in [0.5, 0.6) is 5.75 Å². The average molecular weight is 354 g/mol. The first kappa shape index (κ1) is 17.0. The summed E-state index contributed by atoms with van der Waals surface area (Å²) in [7, 11) is 0. The largest absolute Gasteiger partial charge is 0.486 e. The summed E-state index contributed by atoms with van der Waals surface area (Å²) in [6, 6.07) is 4.63. The minimum absolute atomic E-state index is 0.0719. The van der Waals surface area contributed by atoms with Gasteiger partial charge in [0.15, 0.2) is 0 Å². The molecule has 3 rings (SSSR count). The zero-order valence-electron chi connectivity index (χ0n) is 13.0. The summed E-state index contributed by atoms with van der Waals surface area (Å²) in [5.74, 6) is 0.331. The van der Waals surface area contributed by atoms with E-state index < -0.39 is 23.4 Å². The van der Waals surface area contributed by atoms with Crippen LogP contribution in [0.3, 0.4) is 0 Å². The normalized spacial score (nSPS) is 15.0. The van der Waals surface area contributed by atoms with E-state index in [-0.39, 0.29) is 24.8 Å². The van der Waals surface area contributed by atoms with Crippen molar-refractivity contribution in [1.82, 2.24) is 9.88 Å². The highest BCUT2D eigenvalue weighted by molar-refractivity contribution is 5.94. The van der Waals surface area contributed by atoms with Gasteiger partial charge in [-0.1, -0.05) is 0 Å². The number of carbonyl (C=O) groups excluding carboxylic acids is 1. The van der Waals surface area contributed by atoms with Crippen LogP contribution in [0.4, 0.5) is 13.2 Å². The fourth-order valence-corrected chi connectivity index (χ4v) is 2.39. The molecule has 0 aromatic carbocycles. The van der Waals surface area contributed by atoms with Crippen LogP contribution in [0, 0.1) is 6.92 Å². The number of likely N-dealkylation sites (tertiary alicyclic amines) is 1. The average Bonchev–Trinajstić information content (AvgIpc) is 2.48. The van der Waals surface area contributed by atoms with E-state index in [2.05, 4.69) is 4.98 Å². The van der Waals surface area contributed by atoms with E-state index in [1.807, 2.05) is 0 Å². The Kier molecular flexibility index (Phi) is 4.23. The summed E-state index contributed by atoms with van der Waals surface area (Å²) in [6.07, 6.45) is -3.93. The molecule has 0 spiro atoms. The van der Waals surface area contributed by atoms with Gasteiger partial charge in [0.1, 0.15) is 23.3 Å². The number of halogens is 3. The third-order valence-electron chi connectivity index (χ3n) is 3.61. The van der Waals surface area contributed by atoms with E-state index in [1.54, 1.807) is 13.0 Å². The zero-order valence-corrected chi connectivity index (χ0v) is 13.0. The van der Waals surface area contributed by atoms with Crippen molar-refractivity contribution < 1.29 is 27.1 Å². The number of rotatable bonds is 3. The van der Waals surface area contributed by atoms with Crippen molar-refractivity contribution in [3.8, 4) is 5.75 Å². The molecule has 0 aliphatic carbocycles. The van der Waals surface area contributed by atoms with Gasteiger partial charge < -0.3 is 14.1 Å². The van der Waals surface area contributed by atoms with Crippen molar-refractivity contribution in [2.45, 2.75) is 19.2 Å². The van der Waals surface area contributed by atoms with E-state index in [1.165, 1.54) is 11.0 Å². The third kappa shape index (κ3) is 3.81. The van der Waals surface area contributed by atoms with E-state index in [0.29, 0.717) is 11.5 Å². The number of aryl methyl sites for hydroxylation is 1. The molecule has 0 bridgehead atoms. The second-order valence-corrected chi connectivity index (χ2v) is 5.60.